The molecule has 2 aromatic rings. The van der Waals surface area contributed by atoms with Gasteiger partial charge in [0.25, 0.3) is 5.91 Å². The van der Waals surface area contributed by atoms with Crippen molar-refractivity contribution in [2.24, 2.45) is 0 Å². The van der Waals surface area contributed by atoms with E-state index in [4.69, 9.17) is 11.6 Å². The molecule has 1 atom stereocenters. The summed E-state index contributed by atoms with van der Waals surface area (Å²) in [5, 5.41) is 16.6. The van der Waals surface area contributed by atoms with Crippen LogP contribution in [0, 0.1) is 13.8 Å². The summed E-state index contributed by atoms with van der Waals surface area (Å²) in [4.78, 5) is 12.6. The van der Waals surface area contributed by atoms with Gasteiger partial charge in [0, 0.05) is 30.6 Å². The number of aliphatic hydroxyl groups excluding tert-OH is 1. The van der Waals surface area contributed by atoms with Crippen LogP contribution in [0.2, 0.25) is 0 Å². The van der Waals surface area contributed by atoms with Gasteiger partial charge in [-0.25, -0.2) is 0 Å². The third kappa shape index (κ3) is 4.36. The number of benzene rings is 1. The van der Waals surface area contributed by atoms with Crippen LogP contribution in [-0.4, -0.2) is 39.8 Å². The second-order valence-corrected chi connectivity index (χ2v) is 6.17. The predicted molar refractivity (Wildman–Crippen MR) is 95.6 cm³/mol. The third-order valence-electron chi connectivity index (χ3n) is 4.16. The lowest BCUT2D eigenvalue weighted by Crippen LogP contribution is -2.29. The molecule has 0 fully saturated rings. The molecule has 5 nitrogen and oxygen atoms in total. The summed E-state index contributed by atoms with van der Waals surface area (Å²) < 4.78 is 1.76. The number of hydrogen-bond acceptors (Lipinski definition) is 3. The van der Waals surface area contributed by atoms with Crippen LogP contribution in [-0.2, 0) is 6.54 Å². The zero-order valence-corrected chi connectivity index (χ0v) is 14.9. The lowest BCUT2D eigenvalue weighted by molar-refractivity contribution is 0.0948. The molecule has 1 heterocycles. The van der Waals surface area contributed by atoms with E-state index in [1.165, 1.54) is 0 Å². The van der Waals surface area contributed by atoms with E-state index < -0.39 is 0 Å². The van der Waals surface area contributed by atoms with Crippen LogP contribution >= 0.6 is 11.6 Å². The number of aliphatic hydroxyl groups is 1. The zero-order chi connectivity index (χ0) is 17.5. The van der Waals surface area contributed by atoms with Gasteiger partial charge in [-0.1, -0.05) is 30.3 Å². The van der Waals surface area contributed by atoms with Crippen molar-refractivity contribution in [1.82, 2.24) is 15.1 Å². The molecule has 6 heteroatoms. The van der Waals surface area contributed by atoms with Crippen LogP contribution in [0.15, 0.2) is 30.3 Å². The summed E-state index contributed by atoms with van der Waals surface area (Å²) in [6.45, 7) is 4.85. The van der Waals surface area contributed by atoms with Gasteiger partial charge < -0.3 is 10.4 Å². The monoisotopic (exact) mass is 349 g/mol. The van der Waals surface area contributed by atoms with Gasteiger partial charge in [0.1, 0.15) is 0 Å². The third-order valence-corrected chi connectivity index (χ3v) is 4.33. The number of rotatable bonds is 8. The summed E-state index contributed by atoms with van der Waals surface area (Å²) in [5.74, 6) is 0.402. The number of aromatic nitrogens is 2. The van der Waals surface area contributed by atoms with E-state index in [0.29, 0.717) is 36.6 Å². The first-order valence-corrected chi connectivity index (χ1v) is 8.65. The van der Waals surface area contributed by atoms with Crippen LogP contribution in [0.1, 0.15) is 39.6 Å². The molecule has 0 aliphatic rings. The Labute approximate surface area is 147 Å². The number of hydrogen-bond donors (Lipinski definition) is 2. The van der Waals surface area contributed by atoms with Crippen LogP contribution in [0.3, 0.4) is 0 Å². The molecule has 0 saturated carbocycles. The van der Waals surface area contributed by atoms with Gasteiger partial charge in [-0.2, -0.15) is 5.10 Å². The summed E-state index contributed by atoms with van der Waals surface area (Å²) in [7, 11) is 0. The molecule has 0 aliphatic heterocycles. The van der Waals surface area contributed by atoms with Crippen molar-refractivity contribution in [3.8, 4) is 0 Å². The van der Waals surface area contributed by atoms with Gasteiger partial charge in [-0.3, -0.25) is 9.48 Å². The summed E-state index contributed by atoms with van der Waals surface area (Å²) in [6.07, 6.45) is 0.605. The first-order valence-electron chi connectivity index (χ1n) is 8.12. The molecule has 0 aliphatic carbocycles. The first kappa shape index (κ1) is 18.5. The fourth-order valence-corrected chi connectivity index (χ4v) is 3.06. The molecule has 0 spiro atoms. The van der Waals surface area contributed by atoms with E-state index in [2.05, 4.69) is 10.4 Å². The number of nitrogens with zero attached hydrogens (tertiary/aromatic N) is 2. The molecule has 130 valence electrons. The second-order valence-electron chi connectivity index (χ2n) is 5.79. The Bertz CT molecular complexity index is 670. The highest BCUT2D eigenvalue weighted by Gasteiger charge is 2.20. The van der Waals surface area contributed by atoms with Crippen molar-refractivity contribution in [3.63, 3.8) is 0 Å². The molecule has 1 unspecified atom stereocenters. The van der Waals surface area contributed by atoms with E-state index in [1.807, 2.05) is 44.2 Å². The number of carbonyl (C=O) groups is 1. The number of carbonyl (C=O) groups excluding carboxylic acids is 1. The highest BCUT2D eigenvalue weighted by molar-refractivity contribution is 6.17. The van der Waals surface area contributed by atoms with E-state index in [9.17, 15) is 9.90 Å². The molecule has 0 saturated heterocycles. The predicted octanol–water partition coefficient (Wildman–Crippen LogP) is 2.63. The van der Waals surface area contributed by atoms with Gasteiger partial charge in [0.2, 0.25) is 0 Å². The molecule has 1 aromatic heterocycles. The summed E-state index contributed by atoms with van der Waals surface area (Å²) in [6, 6.07) is 9.91. The standard InChI is InChI=1S/C18H24ClN3O2/c1-13-17(14(2)22(21-13)10-9-19)18(24)20-12-16(8-11-23)15-6-4-3-5-7-15/h3-7,16,23H,8-12H2,1-2H3,(H,20,24). The Balaban J connectivity index is 2.09. The number of nitrogens with one attached hydrogen (secondary N) is 1. The Morgan fingerprint density at radius 3 is 2.67 bits per heavy atom. The Kier molecular flexibility index (Phi) is 6.82. The van der Waals surface area contributed by atoms with E-state index in [0.717, 1.165) is 11.3 Å². The van der Waals surface area contributed by atoms with Gasteiger partial charge >= 0.3 is 0 Å². The lowest BCUT2D eigenvalue weighted by Gasteiger charge is -2.17. The Morgan fingerprint density at radius 2 is 2.04 bits per heavy atom. The summed E-state index contributed by atoms with van der Waals surface area (Å²) in [5.41, 5.74) is 3.24. The maximum Gasteiger partial charge on any atom is 0.255 e. The molecule has 2 N–H and O–H groups in total. The van der Waals surface area contributed by atoms with Crippen LogP contribution in [0.25, 0.3) is 0 Å². The largest absolute Gasteiger partial charge is 0.396 e. The van der Waals surface area contributed by atoms with Crippen molar-refractivity contribution in [2.45, 2.75) is 32.7 Å². The minimum absolute atomic E-state index is 0.0821. The number of amides is 1. The van der Waals surface area contributed by atoms with Crippen molar-refractivity contribution in [2.75, 3.05) is 19.0 Å². The highest BCUT2D eigenvalue weighted by Crippen LogP contribution is 2.19. The fraction of sp³-hybridized carbons (Fsp3) is 0.444. The van der Waals surface area contributed by atoms with Gasteiger partial charge in [0.05, 0.1) is 17.8 Å². The topological polar surface area (TPSA) is 67.2 Å². The first-order chi connectivity index (χ1) is 11.6. The lowest BCUT2D eigenvalue weighted by atomic mass is 9.96. The molecule has 1 aromatic carbocycles. The molecular weight excluding hydrogens is 326 g/mol. The van der Waals surface area contributed by atoms with Crippen LogP contribution < -0.4 is 5.32 Å². The van der Waals surface area contributed by atoms with Crippen molar-refractivity contribution < 1.29 is 9.90 Å². The number of halogens is 1. The zero-order valence-electron chi connectivity index (χ0n) is 14.1. The fourth-order valence-electron chi connectivity index (χ4n) is 2.90. The molecular formula is C18H24ClN3O2. The van der Waals surface area contributed by atoms with Crippen molar-refractivity contribution in [1.29, 1.82) is 0 Å². The SMILES string of the molecule is Cc1nn(CCCl)c(C)c1C(=O)NCC(CCO)c1ccccc1. The normalized spacial score (nSPS) is 12.2. The number of alkyl halides is 1. The minimum atomic E-state index is -0.135. The van der Waals surface area contributed by atoms with Gasteiger partial charge in [0.15, 0.2) is 0 Å². The second kappa shape index (κ2) is 8.85. The Morgan fingerprint density at radius 1 is 1.33 bits per heavy atom. The van der Waals surface area contributed by atoms with E-state index >= 15 is 0 Å². The number of aryl methyl sites for hydroxylation is 2. The van der Waals surface area contributed by atoms with Crippen LogP contribution in [0.5, 0.6) is 0 Å². The maximum atomic E-state index is 12.6. The van der Waals surface area contributed by atoms with Gasteiger partial charge in [-0.15, -0.1) is 11.6 Å². The average Bonchev–Trinajstić information content (AvgIpc) is 2.86. The van der Waals surface area contributed by atoms with E-state index in [1.54, 1.807) is 4.68 Å². The molecule has 1 amide bonds. The van der Waals surface area contributed by atoms with Crippen LogP contribution in [0.4, 0.5) is 0 Å². The van der Waals surface area contributed by atoms with Crippen molar-refractivity contribution in [3.05, 3.63) is 52.8 Å². The molecule has 24 heavy (non-hydrogen) atoms. The van der Waals surface area contributed by atoms with Gasteiger partial charge in [-0.05, 0) is 25.8 Å². The minimum Gasteiger partial charge on any atom is -0.396 e. The quantitative estimate of drug-likeness (QED) is 0.720. The average molecular weight is 350 g/mol. The van der Waals surface area contributed by atoms with Crippen molar-refractivity contribution >= 4 is 17.5 Å². The Hall–Kier alpha value is -1.85. The molecule has 0 radical (unpaired) electrons. The maximum absolute atomic E-state index is 12.6. The highest BCUT2D eigenvalue weighted by atomic mass is 35.5. The van der Waals surface area contributed by atoms with E-state index in [-0.39, 0.29) is 18.4 Å². The molecule has 2 rings (SSSR count). The molecule has 0 bridgehead atoms. The summed E-state index contributed by atoms with van der Waals surface area (Å²) >= 11 is 5.77. The smallest absolute Gasteiger partial charge is 0.255 e.